The van der Waals surface area contributed by atoms with Crippen LogP contribution in [0.5, 0.6) is 0 Å². The highest BCUT2D eigenvalue weighted by Crippen LogP contribution is 2.69. The van der Waals surface area contributed by atoms with Gasteiger partial charge >= 0.3 is 23.9 Å². The number of carbonyl (C=O) groups excluding carboxylic acids is 4. The fourth-order valence-electron chi connectivity index (χ4n) is 7.52. The Balaban J connectivity index is 1.68. The van der Waals surface area contributed by atoms with Gasteiger partial charge in [-0.2, -0.15) is 0 Å². The molecule has 5 rings (SSSR count). The fraction of sp³-hybridized carbons (Fsp3) is 0.548. The van der Waals surface area contributed by atoms with E-state index < -0.39 is 76.4 Å². The van der Waals surface area contributed by atoms with Gasteiger partial charge in [-0.05, 0) is 58.4 Å². The first-order valence-corrected chi connectivity index (χ1v) is 13.9. The minimum absolute atomic E-state index is 0.0547. The lowest BCUT2D eigenvalue weighted by molar-refractivity contribution is -0.343. The minimum Gasteiger partial charge on any atom is -0.459 e. The molecule has 2 aliphatic carbocycles. The number of hydrogen-bond acceptors (Lipinski definition) is 11. The lowest BCUT2D eigenvalue weighted by Crippen LogP contribution is -2.81. The highest BCUT2D eigenvalue weighted by Gasteiger charge is 2.84. The molecule has 1 aromatic heterocycles. The zero-order valence-electron chi connectivity index (χ0n) is 24.4. The van der Waals surface area contributed by atoms with Crippen LogP contribution in [0.3, 0.4) is 0 Å². The Bertz CT molecular complexity index is 1360. The Morgan fingerprint density at radius 2 is 1.48 bits per heavy atom. The van der Waals surface area contributed by atoms with E-state index in [-0.39, 0.29) is 24.2 Å². The van der Waals surface area contributed by atoms with E-state index in [1.165, 1.54) is 33.1 Å². The predicted octanol–water partition coefficient (Wildman–Crippen LogP) is 3.62. The van der Waals surface area contributed by atoms with Crippen LogP contribution in [0.15, 0.2) is 53.1 Å². The smallest absolute Gasteiger partial charge is 0.374 e. The van der Waals surface area contributed by atoms with E-state index in [1.807, 2.05) is 0 Å². The second kappa shape index (κ2) is 10.2. The van der Waals surface area contributed by atoms with Crippen molar-refractivity contribution >= 4 is 23.9 Å². The maximum atomic E-state index is 13.3. The van der Waals surface area contributed by atoms with Gasteiger partial charge in [-0.15, -0.1) is 0 Å². The molecule has 0 amide bonds. The number of aliphatic hydroxyl groups is 1. The van der Waals surface area contributed by atoms with Crippen molar-refractivity contribution in [2.24, 2.45) is 11.3 Å². The quantitative estimate of drug-likeness (QED) is 0.392. The van der Waals surface area contributed by atoms with Gasteiger partial charge < -0.3 is 33.2 Å². The average molecular weight is 585 g/mol. The third-order valence-corrected chi connectivity index (χ3v) is 9.17. The van der Waals surface area contributed by atoms with Crippen molar-refractivity contribution < 1.29 is 52.4 Å². The number of fused-ring (bicyclic) bond motifs is 1. The van der Waals surface area contributed by atoms with Gasteiger partial charge in [0.15, 0.2) is 6.10 Å². The minimum atomic E-state index is -1.85. The lowest BCUT2D eigenvalue weighted by atomic mass is 9.47. The molecule has 3 fully saturated rings. The number of ether oxygens (including phenoxy) is 5. The molecule has 1 aromatic carbocycles. The number of benzene rings is 1. The highest BCUT2D eigenvalue weighted by atomic mass is 16.6. The standard InChI is InChI=1S/C31H36O11/c1-17(32)38-24-20-15-23(41-27(35)21-13-10-14-37-21)30(6)25(39-18(2)33)22(40-26(34)19-11-8-7-9-12-19)16-29(5,36)31(24,30)42-28(20,3)4/h7-14,20,22-25,36H,15-16H2,1-6H3/t20?,22-,23-,24+,25-,29-,30+,31?/m0/s1. The monoisotopic (exact) mass is 584 g/mol. The Kier molecular flexibility index (Phi) is 7.26. The van der Waals surface area contributed by atoms with Crippen LogP contribution in [-0.4, -0.2) is 70.2 Å². The van der Waals surface area contributed by atoms with Crippen LogP contribution in [0.25, 0.3) is 0 Å². The number of furan rings is 1. The maximum Gasteiger partial charge on any atom is 0.374 e. The third-order valence-electron chi connectivity index (χ3n) is 9.17. The molecule has 1 N–H and O–H groups in total. The molecule has 8 atom stereocenters. The molecular formula is C31H36O11. The molecule has 3 aliphatic rings. The summed E-state index contributed by atoms with van der Waals surface area (Å²) in [4.78, 5) is 51.6. The van der Waals surface area contributed by atoms with E-state index in [1.54, 1.807) is 57.2 Å². The van der Waals surface area contributed by atoms with Gasteiger partial charge in [0.1, 0.15) is 23.9 Å². The van der Waals surface area contributed by atoms with Crippen LogP contribution in [0, 0.1) is 11.3 Å². The molecule has 2 aromatic rings. The molecule has 2 unspecified atom stereocenters. The molecule has 11 nitrogen and oxygen atoms in total. The highest BCUT2D eigenvalue weighted by molar-refractivity contribution is 5.89. The Morgan fingerprint density at radius 1 is 0.833 bits per heavy atom. The molecule has 11 heteroatoms. The van der Waals surface area contributed by atoms with E-state index in [0.29, 0.717) is 0 Å². The van der Waals surface area contributed by atoms with E-state index in [4.69, 9.17) is 28.1 Å². The summed E-state index contributed by atoms with van der Waals surface area (Å²) in [6, 6.07) is 11.2. The molecular weight excluding hydrogens is 548 g/mol. The SMILES string of the molecule is CC(=O)O[C@@H]1C2C[C@H](OC(=O)c3ccco3)[C@]3(C)[C@@H](OC(C)=O)[C@@H](OC(=O)c4ccccc4)C[C@](C)(O)C13OC2(C)C. The van der Waals surface area contributed by atoms with Crippen molar-refractivity contribution in [3.05, 3.63) is 60.1 Å². The largest absolute Gasteiger partial charge is 0.459 e. The zero-order chi connectivity index (χ0) is 30.7. The Morgan fingerprint density at radius 3 is 2.07 bits per heavy atom. The number of esters is 4. The van der Waals surface area contributed by atoms with Crippen molar-refractivity contribution in [1.29, 1.82) is 0 Å². The number of hydrogen-bond donors (Lipinski definition) is 1. The summed E-state index contributed by atoms with van der Waals surface area (Å²) in [5, 5.41) is 12.4. The average Bonchev–Trinajstić information content (AvgIpc) is 3.50. The Hall–Kier alpha value is -3.70. The van der Waals surface area contributed by atoms with Crippen molar-refractivity contribution in [1.82, 2.24) is 0 Å². The number of carbonyl (C=O) groups is 4. The summed E-state index contributed by atoms with van der Waals surface area (Å²) in [5.41, 5.74) is -5.94. The second-order valence-electron chi connectivity index (χ2n) is 12.3. The van der Waals surface area contributed by atoms with Crippen molar-refractivity contribution in [3.8, 4) is 0 Å². The van der Waals surface area contributed by atoms with Crippen LogP contribution >= 0.6 is 0 Å². The fourth-order valence-corrected chi connectivity index (χ4v) is 7.52. The van der Waals surface area contributed by atoms with Crippen LogP contribution in [0.4, 0.5) is 0 Å². The molecule has 2 heterocycles. The van der Waals surface area contributed by atoms with Gasteiger partial charge in [-0.3, -0.25) is 9.59 Å². The second-order valence-corrected chi connectivity index (χ2v) is 12.3. The first-order valence-electron chi connectivity index (χ1n) is 13.9. The molecule has 2 saturated carbocycles. The molecule has 1 aliphatic heterocycles. The summed E-state index contributed by atoms with van der Waals surface area (Å²) < 4.78 is 35.9. The first-order chi connectivity index (χ1) is 19.6. The molecule has 1 spiro atoms. The summed E-state index contributed by atoms with van der Waals surface area (Å²) in [6.07, 6.45) is -3.36. The summed E-state index contributed by atoms with van der Waals surface area (Å²) in [6.45, 7) is 9.22. The van der Waals surface area contributed by atoms with Gasteiger partial charge in [0.05, 0.1) is 28.4 Å². The van der Waals surface area contributed by atoms with Crippen LogP contribution in [-0.2, 0) is 33.3 Å². The normalized spacial score (nSPS) is 36.3. The van der Waals surface area contributed by atoms with E-state index in [2.05, 4.69) is 0 Å². The van der Waals surface area contributed by atoms with E-state index >= 15 is 0 Å². The zero-order valence-corrected chi connectivity index (χ0v) is 24.4. The van der Waals surface area contributed by atoms with E-state index in [0.717, 1.165) is 0 Å². The first kappa shape index (κ1) is 29.8. The van der Waals surface area contributed by atoms with Crippen LogP contribution in [0.2, 0.25) is 0 Å². The van der Waals surface area contributed by atoms with Crippen molar-refractivity contribution in [2.45, 2.75) is 95.6 Å². The molecule has 42 heavy (non-hydrogen) atoms. The Labute approximate surface area is 243 Å². The number of rotatable bonds is 6. The van der Waals surface area contributed by atoms with Gasteiger partial charge in [-0.25, -0.2) is 9.59 Å². The molecule has 226 valence electrons. The van der Waals surface area contributed by atoms with Crippen molar-refractivity contribution in [2.75, 3.05) is 0 Å². The van der Waals surface area contributed by atoms with Gasteiger partial charge in [-0.1, -0.05) is 18.2 Å². The third kappa shape index (κ3) is 4.50. The lowest BCUT2D eigenvalue weighted by Gasteiger charge is -2.65. The van der Waals surface area contributed by atoms with E-state index in [9.17, 15) is 24.3 Å². The maximum absolute atomic E-state index is 13.3. The molecule has 1 saturated heterocycles. The molecule has 0 radical (unpaired) electrons. The summed E-state index contributed by atoms with van der Waals surface area (Å²) in [5.74, 6) is -3.36. The van der Waals surface area contributed by atoms with Crippen LogP contribution in [0.1, 0.15) is 75.3 Å². The molecule has 2 bridgehead atoms. The van der Waals surface area contributed by atoms with Gasteiger partial charge in [0.25, 0.3) is 0 Å². The topological polar surface area (TPSA) is 148 Å². The van der Waals surface area contributed by atoms with Gasteiger partial charge in [0, 0.05) is 26.2 Å². The van der Waals surface area contributed by atoms with Crippen molar-refractivity contribution in [3.63, 3.8) is 0 Å². The predicted molar refractivity (Wildman–Crippen MR) is 144 cm³/mol. The van der Waals surface area contributed by atoms with Crippen LogP contribution < -0.4 is 0 Å². The van der Waals surface area contributed by atoms with Gasteiger partial charge in [0.2, 0.25) is 5.76 Å². The summed E-state index contributed by atoms with van der Waals surface area (Å²) in [7, 11) is 0. The summed E-state index contributed by atoms with van der Waals surface area (Å²) >= 11 is 0.